The fourth-order valence-electron chi connectivity index (χ4n) is 17.5. The van der Waals surface area contributed by atoms with Crippen LogP contribution in [0.15, 0.2) is 336 Å². The Balaban J connectivity index is 0.726. The van der Waals surface area contributed by atoms with Gasteiger partial charge in [-0.05, 0) is 240 Å². The van der Waals surface area contributed by atoms with E-state index in [4.69, 9.17) is 8.83 Å². The monoisotopic (exact) mass is 1240 g/mol. The molecule has 0 aliphatic heterocycles. The molecule has 2 nitrogen and oxygen atoms in total. The van der Waals surface area contributed by atoms with Gasteiger partial charge in [0.25, 0.3) is 0 Å². The summed E-state index contributed by atoms with van der Waals surface area (Å²) < 4.78 is 13.9. The van der Waals surface area contributed by atoms with Crippen molar-refractivity contribution in [2.75, 3.05) is 0 Å². The van der Waals surface area contributed by atoms with Gasteiger partial charge in [0, 0.05) is 21.5 Å². The Kier molecular flexibility index (Phi) is 11.1. The zero-order valence-electron chi connectivity index (χ0n) is 53.0. The van der Waals surface area contributed by atoms with Crippen molar-refractivity contribution in [1.82, 2.24) is 0 Å². The number of furan rings is 2. The van der Waals surface area contributed by atoms with Gasteiger partial charge >= 0.3 is 0 Å². The van der Waals surface area contributed by atoms with Crippen molar-refractivity contribution in [3.05, 3.63) is 328 Å². The molecule has 2 heteroatoms. The summed E-state index contributed by atoms with van der Waals surface area (Å²) >= 11 is 0. The molecular formula is C96H54O2. The first-order valence-electron chi connectivity index (χ1n) is 33.9. The second kappa shape index (κ2) is 20.3. The first-order chi connectivity index (χ1) is 48.6. The molecule has 98 heavy (non-hydrogen) atoms. The predicted molar refractivity (Wildman–Crippen MR) is 418 cm³/mol. The van der Waals surface area contributed by atoms with E-state index in [0.29, 0.717) is 0 Å². The average molecular weight is 1240 g/mol. The standard InChI is InChI=1S/C96H54O2/c1-2-20-57-53-88-84(51-56(57)19-1)96-82(35-17-37-87(96)97-88)94-74-27-10-9-26-73(74)90(62-43-44-65-61(49-62)41-38-55-18-3-4-21-64(55)65)80-45-42-59(50-83(80)94)58-39-40-60-52-85-89(54-63(60)48-58)98-86-36-16-34-81(95(85)86)93-77-30-13-11-28-75(77)92(76-29-12-14-31-78(76)93)72-33-15-32-71-69(72)46-47-79-68-24-6-5-22-66(68)67-23-7-8-25-70(67)91(71)79/h1-54H. The predicted octanol–water partition coefficient (Wildman–Crippen LogP) is 27.7. The van der Waals surface area contributed by atoms with E-state index < -0.39 is 0 Å². The Morgan fingerprint density at radius 1 is 0.143 bits per heavy atom. The quantitative estimate of drug-likeness (QED) is 0.127. The second-order valence-corrected chi connectivity index (χ2v) is 26.8. The van der Waals surface area contributed by atoms with Gasteiger partial charge in [-0.1, -0.05) is 273 Å². The minimum Gasteiger partial charge on any atom is -0.456 e. The van der Waals surface area contributed by atoms with Crippen molar-refractivity contribution in [3.63, 3.8) is 0 Å². The van der Waals surface area contributed by atoms with E-state index in [-0.39, 0.29) is 0 Å². The maximum absolute atomic E-state index is 7.07. The van der Waals surface area contributed by atoms with Crippen molar-refractivity contribution in [3.8, 4) is 55.6 Å². The van der Waals surface area contributed by atoms with Crippen LogP contribution in [-0.4, -0.2) is 0 Å². The molecule has 0 aliphatic carbocycles. The molecule has 0 radical (unpaired) electrons. The highest BCUT2D eigenvalue weighted by atomic mass is 16.3. The van der Waals surface area contributed by atoms with E-state index in [1.165, 1.54) is 146 Å². The molecular weight excluding hydrogens is 1190 g/mol. The van der Waals surface area contributed by atoms with Gasteiger partial charge in [-0.25, -0.2) is 0 Å². The Morgan fingerprint density at radius 3 is 1.14 bits per heavy atom. The Hall–Kier alpha value is -12.9. The molecule has 0 amide bonds. The fourth-order valence-corrected chi connectivity index (χ4v) is 17.5. The van der Waals surface area contributed by atoms with Crippen LogP contribution in [0, 0.1) is 0 Å². The van der Waals surface area contributed by atoms with Crippen molar-refractivity contribution in [1.29, 1.82) is 0 Å². The number of hydrogen-bond acceptors (Lipinski definition) is 2. The van der Waals surface area contributed by atoms with Gasteiger partial charge < -0.3 is 8.83 Å². The molecule has 450 valence electrons. The summed E-state index contributed by atoms with van der Waals surface area (Å²) in [6, 6.07) is 122. The fraction of sp³-hybridized carbons (Fsp3) is 0. The molecule has 2 aromatic heterocycles. The van der Waals surface area contributed by atoms with Gasteiger partial charge in [-0.15, -0.1) is 0 Å². The van der Waals surface area contributed by atoms with Crippen molar-refractivity contribution >= 4 is 173 Å². The van der Waals surface area contributed by atoms with Crippen LogP contribution in [0.2, 0.25) is 0 Å². The third-order valence-corrected chi connectivity index (χ3v) is 21.7. The van der Waals surface area contributed by atoms with Crippen LogP contribution in [0.5, 0.6) is 0 Å². The van der Waals surface area contributed by atoms with E-state index >= 15 is 0 Å². The summed E-state index contributed by atoms with van der Waals surface area (Å²) in [6.45, 7) is 0. The molecule has 0 atom stereocenters. The van der Waals surface area contributed by atoms with Crippen LogP contribution in [0.4, 0.5) is 0 Å². The Morgan fingerprint density at radius 2 is 0.500 bits per heavy atom. The van der Waals surface area contributed by atoms with E-state index in [9.17, 15) is 0 Å². The lowest BCUT2D eigenvalue weighted by Crippen LogP contribution is -1.93. The Labute approximate surface area is 561 Å². The highest BCUT2D eigenvalue weighted by Crippen LogP contribution is 2.52. The lowest BCUT2D eigenvalue weighted by Gasteiger charge is -2.20. The minimum absolute atomic E-state index is 0.860. The summed E-state index contributed by atoms with van der Waals surface area (Å²) in [7, 11) is 0. The molecule has 0 unspecified atom stereocenters. The second-order valence-electron chi connectivity index (χ2n) is 26.8. The lowest BCUT2D eigenvalue weighted by atomic mass is 9.83. The summed E-state index contributed by atoms with van der Waals surface area (Å²) in [5, 5.41) is 33.9. The van der Waals surface area contributed by atoms with Gasteiger partial charge in [0.1, 0.15) is 22.3 Å². The largest absolute Gasteiger partial charge is 0.456 e. The topological polar surface area (TPSA) is 26.3 Å². The third kappa shape index (κ3) is 7.63. The van der Waals surface area contributed by atoms with Crippen molar-refractivity contribution in [2.45, 2.75) is 0 Å². The highest BCUT2D eigenvalue weighted by molar-refractivity contribution is 6.35. The molecule has 0 saturated heterocycles. The molecule has 0 bridgehead atoms. The van der Waals surface area contributed by atoms with Gasteiger partial charge in [0.15, 0.2) is 0 Å². The number of fused-ring (bicyclic) bond motifs is 23. The first kappa shape index (κ1) is 53.5. The van der Waals surface area contributed by atoms with Crippen LogP contribution >= 0.6 is 0 Å². The zero-order chi connectivity index (χ0) is 63.8. The van der Waals surface area contributed by atoms with Crippen LogP contribution in [0.1, 0.15) is 0 Å². The molecule has 0 spiro atoms. The van der Waals surface area contributed by atoms with Crippen LogP contribution in [-0.2, 0) is 0 Å². The number of hydrogen-bond donors (Lipinski definition) is 0. The van der Waals surface area contributed by atoms with E-state index in [1.54, 1.807) is 0 Å². The minimum atomic E-state index is 0.860. The van der Waals surface area contributed by atoms with Gasteiger partial charge in [-0.2, -0.15) is 0 Å². The number of benzene rings is 20. The third-order valence-electron chi connectivity index (χ3n) is 21.7. The van der Waals surface area contributed by atoms with Crippen molar-refractivity contribution in [2.24, 2.45) is 0 Å². The zero-order valence-corrected chi connectivity index (χ0v) is 53.0. The van der Waals surface area contributed by atoms with Crippen molar-refractivity contribution < 1.29 is 8.83 Å². The molecule has 0 aliphatic rings. The maximum atomic E-state index is 7.07. The van der Waals surface area contributed by atoms with Gasteiger partial charge in [0.05, 0.1) is 0 Å². The van der Waals surface area contributed by atoms with Gasteiger partial charge in [0.2, 0.25) is 0 Å². The Bertz CT molecular complexity index is 7210. The van der Waals surface area contributed by atoms with Crippen LogP contribution in [0.25, 0.3) is 229 Å². The van der Waals surface area contributed by atoms with Crippen LogP contribution in [0.3, 0.4) is 0 Å². The molecule has 0 N–H and O–H groups in total. The summed E-state index contributed by atoms with van der Waals surface area (Å²) in [5.74, 6) is 0. The number of rotatable bonds is 5. The summed E-state index contributed by atoms with van der Waals surface area (Å²) in [6.07, 6.45) is 0. The van der Waals surface area contributed by atoms with Crippen LogP contribution < -0.4 is 0 Å². The summed E-state index contributed by atoms with van der Waals surface area (Å²) in [5.41, 5.74) is 15.3. The smallest absolute Gasteiger partial charge is 0.136 e. The van der Waals surface area contributed by atoms with E-state index in [1.807, 2.05) is 0 Å². The lowest BCUT2D eigenvalue weighted by molar-refractivity contribution is 0.669. The SMILES string of the molecule is c1ccc2cc3c(cc2c1)oc1cccc(-c2c4ccccc4c(-c4ccc5c(ccc6ccccc65)c4)c4ccc(-c5ccc6cc7c(cc6c5)oc5cccc(-c6c8ccccc8c(-c8cccc9c8ccc8c%10ccccc%10c%10ccccc%10c98)c8ccccc68)c57)cc24)c13. The molecule has 20 aromatic carbocycles. The molecule has 0 saturated carbocycles. The maximum Gasteiger partial charge on any atom is 0.136 e. The first-order valence-corrected chi connectivity index (χ1v) is 33.9. The highest BCUT2D eigenvalue weighted by Gasteiger charge is 2.25. The average Bonchev–Trinajstić information content (AvgIpc) is 1.18. The molecule has 2 heterocycles. The van der Waals surface area contributed by atoms with E-state index in [0.717, 1.165) is 82.3 Å². The van der Waals surface area contributed by atoms with E-state index in [2.05, 4.69) is 328 Å². The molecule has 22 aromatic rings. The summed E-state index contributed by atoms with van der Waals surface area (Å²) in [4.78, 5) is 0. The van der Waals surface area contributed by atoms with Gasteiger partial charge in [-0.3, -0.25) is 0 Å². The molecule has 22 rings (SSSR count). The molecule has 0 fully saturated rings. The normalized spacial score (nSPS) is 12.3.